The number of ether oxygens (including phenoxy) is 1. The molecule has 1 nitrogen and oxygen atoms in total. The molecule has 0 N–H and O–H groups in total. The minimum Gasteiger partial charge on any atom is -0.493 e. The van der Waals surface area contributed by atoms with E-state index in [1.165, 1.54) is 48.4 Å². The standard InChI is InChI=1S/C20H32OSi/c1-4-5-6-7-8-9-10-11-12-13-16-21-19-14-15-20(22)18(3)17(19)2/h4-7,14-15H,8-13,16H2,1-3,22H3. The molecule has 0 unspecified atom stereocenters. The Kier molecular flexibility index (Phi) is 9.64. The second-order valence-corrected chi connectivity index (χ2v) is 7.07. The molecule has 0 amide bonds. The summed E-state index contributed by atoms with van der Waals surface area (Å²) in [5, 5.41) is 1.48. The van der Waals surface area contributed by atoms with Crippen LogP contribution in [-0.4, -0.2) is 16.8 Å². The zero-order valence-corrected chi connectivity index (χ0v) is 16.8. The van der Waals surface area contributed by atoms with Gasteiger partial charge in [-0.1, -0.05) is 54.8 Å². The van der Waals surface area contributed by atoms with Gasteiger partial charge >= 0.3 is 0 Å². The molecule has 122 valence electrons. The third kappa shape index (κ3) is 7.12. The Balaban J connectivity index is 2.08. The topological polar surface area (TPSA) is 9.23 Å². The van der Waals surface area contributed by atoms with E-state index in [0.29, 0.717) is 0 Å². The van der Waals surface area contributed by atoms with Crippen LogP contribution >= 0.6 is 0 Å². The Morgan fingerprint density at radius 1 is 0.955 bits per heavy atom. The van der Waals surface area contributed by atoms with E-state index in [1.807, 2.05) is 6.92 Å². The summed E-state index contributed by atoms with van der Waals surface area (Å²) in [4.78, 5) is 0. The van der Waals surface area contributed by atoms with Crippen LogP contribution in [0, 0.1) is 13.8 Å². The number of rotatable bonds is 10. The molecule has 1 rings (SSSR count). The van der Waals surface area contributed by atoms with Crippen molar-refractivity contribution in [1.82, 2.24) is 0 Å². The highest BCUT2D eigenvalue weighted by molar-refractivity contribution is 6.33. The lowest BCUT2D eigenvalue weighted by molar-refractivity contribution is 0.302. The van der Waals surface area contributed by atoms with Gasteiger partial charge in [-0.3, -0.25) is 0 Å². The summed E-state index contributed by atoms with van der Waals surface area (Å²) < 4.78 is 5.94. The molecule has 0 aliphatic heterocycles. The van der Waals surface area contributed by atoms with Gasteiger partial charge in [-0.2, -0.15) is 0 Å². The first-order valence-electron chi connectivity index (χ1n) is 8.64. The number of hydrogen-bond acceptors (Lipinski definition) is 1. The van der Waals surface area contributed by atoms with Crippen molar-refractivity contribution in [3.63, 3.8) is 0 Å². The molecule has 1 aromatic rings. The van der Waals surface area contributed by atoms with Crippen LogP contribution in [0.2, 0.25) is 0 Å². The third-order valence-corrected chi connectivity index (χ3v) is 5.30. The highest BCUT2D eigenvalue weighted by Crippen LogP contribution is 2.19. The number of unbranched alkanes of at least 4 members (excludes halogenated alkanes) is 5. The Morgan fingerprint density at radius 3 is 2.45 bits per heavy atom. The monoisotopic (exact) mass is 316 g/mol. The molecular formula is C20H32OSi. The van der Waals surface area contributed by atoms with Crippen molar-refractivity contribution in [2.45, 2.75) is 59.3 Å². The van der Waals surface area contributed by atoms with Crippen molar-refractivity contribution in [2.75, 3.05) is 6.61 Å². The van der Waals surface area contributed by atoms with Gasteiger partial charge in [0.1, 0.15) is 5.75 Å². The van der Waals surface area contributed by atoms with Crippen molar-refractivity contribution in [3.8, 4) is 5.75 Å². The molecule has 0 aromatic heterocycles. The molecule has 0 aliphatic carbocycles. The quantitative estimate of drug-likeness (QED) is 0.358. The Hall–Kier alpha value is -1.28. The Labute approximate surface area is 139 Å². The van der Waals surface area contributed by atoms with Crippen LogP contribution in [0.25, 0.3) is 0 Å². The second-order valence-electron chi connectivity index (χ2n) is 5.99. The summed E-state index contributed by atoms with van der Waals surface area (Å²) in [7, 11) is 1.12. The molecule has 0 atom stereocenters. The van der Waals surface area contributed by atoms with Gasteiger partial charge in [0.2, 0.25) is 0 Å². The molecule has 1 aromatic carbocycles. The minimum atomic E-state index is 0.849. The molecule has 0 fully saturated rings. The molecule has 0 saturated carbocycles. The van der Waals surface area contributed by atoms with E-state index in [0.717, 1.165) is 29.0 Å². The molecule has 0 radical (unpaired) electrons. The van der Waals surface area contributed by atoms with Crippen LogP contribution in [0.5, 0.6) is 5.75 Å². The summed E-state index contributed by atoms with van der Waals surface area (Å²) in [6.07, 6.45) is 16.1. The zero-order valence-electron chi connectivity index (χ0n) is 14.8. The highest BCUT2D eigenvalue weighted by Gasteiger charge is 2.04. The molecule has 0 spiro atoms. The van der Waals surface area contributed by atoms with Crippen molar-refractivity contribution in [3.05, 3.63) is 47.6 Å². The predicted molar refractivity (Wildman–Crippen MR) is 103 cm³/mol. The summed E-state index contributed by atoms with van der Waals surface area (Å²) in [6, 6.07) is 4.35. The van der Waals surface area contributed by atoms with E-state index in [2.05, 4.69) is 50.3 Å². The van der Waals surface area contributed by atoms with Crippen molar-refractivity contribution in [2.24, 2.45) is 0 Å². The lowest BCUT2D eigenvalue weighted by atomic mass is 10.1. The predicted octanol–water partition coefficient (Wildman–Crippen LogP) is 4.15. The van der Waals surface area contributed by atoms with Crippen LogP contribution in [-0.2, 0) is 0 Å². The molecular weight excluding hydrogens is 284 g/mol. The van der Waals surface area contributed by atoms with Crippen LogP contribution in [0.4, 0.5) is 0 Å². The van der Waals surface area contributed by atoms with Crippen molar-refractivity contribution >= 4 is 15.4 Å². The maximum Gasteiger partial charge on any atom is 0.122 e. The first-order chi connectivity index (χ1) is 10.7. The second kappa shape index (κ2) is 11.3. The maximum absolute atomic E-state index is 5.94. The number of allylic oxidation sites excluding steroid dienone is 4. The van der Waals surface area contributed by atoms with Gasteiger partial charge in [-0.25, -0.2) is 0 Å². The Morgan fingerprint density at radius 2 is 1.68 bits per heavy atom. The lowest BCUT2D eigenvalue weighted by Crippen LogP contribution is -2.10. The average Bonchev–Trinajstić information content (AvgIpc) is 2.52. The molecule has 22 heavy (non-hydrogen) atoms. The minimum absolute atomic E-state index is 0.849. The SMILES string of the molecule is CC=CC=CCCCCCCCOc1ccc([SiH3])c(C)c1C. The smallest absolute Gasteiger partial charge is 0.122 e. The highest BCUT2D eigenvalue weighted by atomic mass is 28.1. The summed E-state index contributed by atoms with van der Waals surface area (Å²) in [5.41, 5.74) is 2.73. The van der Waals surface area contributed by atoms with E-state index < -0.39 is 0 Å². The van der Waals surface area contributed by atoms with Gasteiger partial charge in [0, 0.05) is 10.2 Å². The van der Waals surface area contributed by atoms with Gasteiger partial charge in [0.25, 0.3) is 0 Å². The Bertz CT molecular complexity index is 489. The van der Waals surface area contributed by atoms with E-state index in [1.54, 1.807) is 0 Å². The van der Waals surface area contributed by atoms with Gasteiger partial charge in [0.15, 0.2) is 0 Å². The first kappa shape index (κ1) is 18.8. The summed E-state index contributed by atoms with van der Waals surface area (Å²) in [6.45, 7) is 7.28. The van der Waals surface area contributed by atoms with E-state index in [-0.39, 0.29) is 0 Å². The fourth-order valence-corrected chi connectivity index (χ4v) is 2.99. The molecule has 2 heteroatoms. The van der Waals surface area contributed by atoms with Crippen LogP contribution in [0.3, 0.4) is 0 Å². The summed E-state index contributed by atoms with van der Waals surface area (Å²) in [5.74, 6) is 1.08. The summed E-state index contributed by atoms with van der Waals surface area (Å²) >= 11 is 0. The van der Waals surface area contributed by atoms with E-state index in [9.17, 15) is 0 Å². The largest absolute Gasteiger partial charge is 0.493 e. The molecule has 0 saturated heterocycles. The van der Waals surface area contributed by atoms with Gasteiger partial charge < -0.3 is 4.74 Å². The van der Waals surface area contributed by atoms with Crippen molar-refractivity contribution in [1.29, 1.82) is 0 Å². The van der Waals surface area contributed by atoms with Crippen LogP contribution in [0.15, 0.2) is 36.4 Å². The zero-order chi connectivity index (χ0) is 16.2. The average molecular weight is 317 g/mol. The normalized spacial score (nSPS) is 11.8. The molecule has 0 aliphatic rings. The van der Waals surface area contributed by atoms with Gasteiger partial charge in [-0.05, 0) is 57.2 Å². The van der Waals surface area contributed by atoms with Crippen LogP contribution < -0.4 is 9.92 Å². The lowest BCUT2D eigenvalue weighted by Gasteiger charge is -2.12. The van der Waals surface area contributed by atoms with Gasteiger partial charge in [-0.15, -0.1) is 0 Å². The van der Waals surface area contributed by atoms with Gasteiger partial charge in [0.05, 0.1) is 6.61 Å². The molecule has 0 heterocycles. The number of hydrogen-bond donors (Lipinski definition) is 0. The first-order valence-corrected chi connectivity index (χ1v) is 9.64. The molecule has 0 bridgehead atoms. The fourth-order valence-electron chi connectivity index (χ4n) is 2.45. The maximum atomic E-state index is 5.94. The van der Waals surface area contributed by atoms with Crippen LogP contribution in [0.1, 0.15) is 56.6 Å². The van der Waals surface area contributed by atoms with Crippen molar-refractivity contribution < 1.29 is 4.74 Å². The fraction of sp³-hybridized carbons (Fsp3) is 0.500. The number of benzene rings is 1. The van der Waals surface area contributed by atoms with E-state index >= 15 is 0 Å². The third-order valence-electron chi connectivity index (χ3n) is 4.22. The van der Waals surface area contributed by atoms with E-state index in [4.69, 9.17) is 4.74 Å².